The zero-order valence-corrected chi connectivity index (χ0v) is 39.0. The Bertz CT molecular complexity index is 2980. The molecule has 7 heteroatoms. The van der Waals surface area contributed by atoms with E-state index in [1.54, 1.807) is 0 Å². The molecular formula is C55H50N5OPt-3. The van der Waals surface area contributed by atoms with E-state index in [-0.39, 0.29) is 37.3 Å². The van der Waals surface area contributed by atoms with Gasteiger partial charge in [-0.25, -0.2) is 9.83 Å². The van der Waals surface area contributed by atoms with E-state index in [4.69, 9.17) is 16.3 Å². The quantitative estimate of drug-likeness (QED) is 0.156. The van der Waals surface area contributed by atoms with Crippen molar-refractivity contribution in [1.29, 1.82) is 0 Å². The van der Waals surface area contributed by atoms with Crippen LogP contribution in [0, 0.1) is 25.4 Å². The minimum Gasteiger partial charge on any atom is -0.509 e. The molecule has 0 aliphatic carbocycles. The summed E-state index contributed by atoms with van der Waals surface area (Å²) in [5.74, 6) is 1.92. The molecule has 0 atom stereocenters. The molecule has 0 fully saturated rings. The third kappa shape index (κ3) is 7.91. The second kappa shape index (κ2) is 16.0. The van der Waals surface area contributed by atoms with Crippen LogP contribution in [0.2, 0.25) is 0 Å². The number of ether oxygens (including phenoxy) is 1. The zero-order valence-electron chi connectivity index (χ0n) is 36.7. The standard InChI is InChI=1S/C55H50N5O.Pt/c1-53(2,3)37-26-27-57-52(31-37)60-47-19-12-11-18-44(47)46-33-45(36-22-24-40(56-10)25-23-36)51(34-50(46)60)61-43-17-15-16-41(32-43)58-35-59(49-21-14-13-20-48(49)58)42-29-38(54(4,5)6)28-39(30-42)55(7,8)9;/h11-31,33,35H,1-9H3;/q-3;. The molecule has 0 spiro atoms. The molecule has 1 aliphatic rings. The van der Waals surface area contributed by atoms with E-state index in [0.29, 0.717) is 17.2 Å². The fraction of sp³-hybridized carbons (Fsp3) is 0.218. The summed E-state index contributed by atoms with van der Waals surface area (Å²) >= 11 is 0. The van der Waals surface area contributed by atoms with Gasteiger partial charge in [0.25, 0.3) is 0 Å². The Morgan fingerprint density at radius 2 is 1.27 bits per heavy atom. The summed E-state index contributed by atoms with van der Waals surface area (Å²) in [6, 6.07) is 51.4. The summed E-state index contributed by atoms with van der Waals surface area (Å²) in [6.07, 6.45) is 1.89. The summed E-state index contributed by atoms with van der Waals surface area (Å²) in [6.45, 7) is 30.0. The Balaban J connectivity index is 0.00000529. The van der Waals surface area contributed by atoms with Crippen LogP contribution in [0.25, 0.3) is 43.6 Å². The Labute approximate surface area is 380 Å². The molecule has 9 rings (SSSR count). The molecule has 0 bridgehead atoms. The van der Waals surface area contributed by atoms with Gasteiger partial charge >= 0.3 is 0 Å². The van der Waals surface area contributed by atoms with Crippen LogP contribution < -0.4 is 14.5 Å². The first-order valence-corrected chi connectivity index (χ1v) is 20.9. The fourth-order valence-electron chi connectivity index (χ4n) is 8.05. The molecule has 3 heterocycles. The van der Waals surface area contributed by atoms with Gasteiger partial charge in [0.1, 0.15) is 5.82 Å². The van der Waals surface area contributed by atoms with Crippen molar-refractivity contribution in [3.8, 4) is 28.4 Å². The van der Waals surface area contributed by atoms with Crippen molar-refractivity contribution in [3.63, 3.8) is 0 Å². The molecule has 1 aliphatic heterocycles. The van der Waals surface area contributed by atoms with E-state index >= 15 is 0 Å². The van der Waals surface area contributed by atoms with Crippen LogP contribution in [0.4, 0.5) is 28.4 Å². The second-order valence-electron chi connectivity index (χ2n) is 19.1. The molecule has 2 aromatic heterocycles. The Morgan fingerprint density at radius 1 is 0.629 bits per heavy atom. The van der Waals surface area contributed by atoms with Crippen LogP contribution >= 0.6 is 0 Å². The van der Waals surface area contributed by atoms with E-state index in [1.807, 2.05) is 42.6 Å². The van der Waals surface area contributed by atoms with Crippen LogP contribution in [-0.2, 0) is 37.3 Å². The maximum Gasteiger partial charge on any atom is 0.187 e. The summed E-state index contributed by atoms with van der Waals surface area (Å²) in [5.41, 5.74) is 12.0. The SMILES string of the molecule is [C-]#[N+]c1ccc(-c2cc3c4ccccc4n(-c4cc(C(C)(C)C)ccn4)c3[c-]c2Oc2[c-]c(N3[CH-]N(c4cc(C(C)(C)C)cc(C(C)(C)C)c4)c4ccccc43)ccc2)cc1.[Pt]. The van der Waals surface area contributed by atoms with Gasteiger partial charge in [-0.05, 0) is 80.8 Å². The normalized spacial score (nSPS) is 13.0. The van der Waals surface area contributed by atoms with Gasteiger partial charge in [-0.15, -0.1) is 42.0 Å². The predicted molar refractivity (Wildman–Crippen MR) is 252 cm³/mol. The van der Waals surface area contributed by atoms with E-state index in [9.17, 15) is 0 Å². The molecular weight excluding hydrogens is 942 g/mol. The molecule has 0 unspecified atom stereocenters. The molecule has 62 heavy (non-hydrogen) atoms. The van der Waals surface area contributed by atoms with Crippen molar-refractivity contribution < 1.29 is 25.8 Å². The summed E-state index contributed by atoms with van der Waals surface area (Å²) in [5, 5.41) is 2.12. The summed E-state index contributed by atoms with van der Waals surface area (Å²) < 4.78 is 9.12. The molecule has 0 amide bonds. The molecule has 0 saturated carbocycles. The monoisotopic (exact) mass is 991 g/mol. The van der Waals surface area contributed by atoms with Crippen LogP contribution in [0.3, 0.4) is 0 Å². The topological polar surface area (TPSA) is 37.9 Å². The van der Waals surface area contributed by atoms with Crippen LogP contribution in [0.1, 0.15) is 79.0 Å². The minimum absolute atomic E-state index is 0. The summed E-state index contributed by atoms with van der Waals surface area (Å²) in [7, 11) is 0. The van der Waals surface area contributed by atoms with Crippen molar-refractivity contribution in [2.24, 2.45) is 0 Å². The molecule has 0 radical (unpaired) electrons. The van der Waals surface area contributed by atoms with Crippen molar-refractivity contribution in [2.75, 3.05) is 9.80 Å². The van der Waals surface area contributed by atoms with Gasteiger partial charge in [0.05, 0.1) is 6.57 Å². The summed E-state index contributed by atoms with van der Waals surface area (Å²) in [4.78, 5) is 13.0. The molecule has 6 nitrogen and oxygen atoms in total. The fourth-order valence-corrected chi connectivity index (χ4v) is 8.05. The molecule has 0 saturated heterocycles. The molecule has 314 valence electrons. The maximum atomic E-state index is 7.58. The first-order chi connectivity index (χ1) is 29.1. The van der Waals surface area contributed by atoms with Gasteiger partial charge in [-0.1, -0.05) is 140 Å². The minimum atomic E-state index is -0.0594. The number of hydrogen-bond donors (Lipinski definition) is 0. The number of fused-ring (bicyclic) bond motifs is 4. The smallest absolute Gasteiger partial charge is 0.187 e. The van der Waals surface area contributed by atoms with Crippen molar-refractivity contribution in [1.82, 2.24) is 9.55 Å². The average molecular weight is 992 g/mol. The van der Waals surface area contributed by atoms with E-state index in [0.717, 1.165) is 61.5 Å². The van der Waals surface area contributed by atoms with E-state index < -0.39 is 0 Å². The second-order valence-corrected chi connectivity index (χ2v) is 19.1. The Morgan fingerprint density at radius 3 is 1.94 bits per heavy atom. The van der Waals surface area contributed by atoms with Crippen LogP contribution in [-0.4, -0.2) is 9.55 Å². The number of nitrogens with zero attached hydrogens (tertiary/aromatic N) is 5. The van der Waals surface area contributed by atoms with Crippen molar-refractivity contribution >= 4 is 50.2 Å². The van der Waals surface area contributed by atoms with Gasteiger partial charge in [0.15, 0.2) is 5.69 Å². The number of pyridine rings is 1. The molecule has 6 aromatic carbocycles. The van der Waals surface area contributed by atoms with Gasteiger partial charge in [-0.3, -0.25) is 0 Å². The number of benzene rings is 6. The maximum absolute atomic E-state index is 7.58. The van der Waals surface area contributed by atoms with Crippen LogP contribution in [0.15, 0.2) is 134 Å². The third-order valence-electron chi connectivity index (χ3n) is 11.6. The number of anilines is 4. The first-order valence-electron chi connectivity index (χ1n) is 20.9. The number of aromatic nitrogens is 2. The van der Waals surface area contributed by atoms with Gasteiger partial charge in [0.2, 0.25) is 0 Å². The number of rotatable bonds is 6. The van der Waals surface area contributed by atoms with Gasteiger partial charge in [-0.2, -0.15) is 12.1 Å². The molecule has 0 N–H and O–H groups in total. The predicted octanol–water partition coefficient (Wildman–Crippen LogP) is 15.1. The van der Waals surface area contributed by atoms with Crippen LogP contribution in [0.5, 0.6) is 11.5 Å². The van der Waals surface area contributed by atoms with Gasteiger partial charge < -0.3 is 19.1 Å². The van der Waals surface area contributed by atoms with Gasteiger partial charge in [0, 0.05) is 61.3 Å². The van der Waals surface area contributed by atoms with Crippen molar-refractivity contribution in [2.45, 2.75) is 78.6 Å². The Hall–Kier alpha value is -6.15. The van der Waals surface area contributed by atoms with Crippen molar-refractivity contribution in [3.05, 3.63) is 180 Å². The average Bonchev–Trinajstić information content (AvgIpc) is 3.78. The zero-order chi connectivity index (χ0) is 42.8. The van der Waals surface area contributed by atoms with E-state index in [1.165, 1.54) is 16.7 Å². The Kier molecular flexibility index (Phi) is 10.9. The van der Waals surface area contributed by atoms with E-state index in [2.05, 4.69) is 191 Å². The number of para-hydroxylation sites is 3. The number of hydrogen-bond acceptors (Lipinski definition) is 4. The largest absolute Gasteiger partial charge is 0.509 e. The molecule has 8 aromatic rings. The first kappa shape index (κ1) is 42.5. The third-order valence-corrected chi connectivity index (χ3v) is 11.6.